The van der Waals surface area contributed by atoms with Crippen LogP contribution in [0.1, 0.15) is 20.7 Å². The van der Waals surface area contributed by atoms with Crippen LogP contribution in [0.5, 0.6) is 11.5 Å². The summed E-state index contributed by atoms with van der Waals surface area (Å²) < 4.78 is 36.1. The summed E-state index contributed by atoms with van der Waals surface area (Å²) in [6, 6.07) is 15.7. The predicted molar refractivity (Wildman–Crippen MR) is 89.2 cm³/mol. The first-order valence-corrected chi connectivity index (χ1v) is 7.57. The Balaban J connectivity index is 1.69. The van der Waals surface area contributed by atoms with Gasteiger partial charge in [0, 0.05) is 6.07 Å². The van der Waals surface area contributed by atoms with Crippen molar-refractivity contribution in [3.63, 3.8) is 0 Å². The first kappa shape index (κ1) is 17.3. The van der Waals surface area contributed by atoms with Gasteiger partial charge in [0.15, 0.2) is 0 Å². The molecule has 0 unspecified atom stereocenters. The minimum atomic E-state index is -0.674. The van der Waals surface area contributed by atoms with E-state index in [0.29, 0.717) is 0 Å². The van der Waals surface area contributed by atoms with Gasteiger partial charge in [-0.3, -0.25) is 0 Å². The highest BCUT2D eigenvalue weighted by Gasteiger charge is 2.12. The Labute approximate surface area is 147 Å². The molecule has 3 rings (SSSR count). The maximum Gasteiger partial charge on any atom is 0.343 e. The molecule has 0 fully saturated rings. The molecular weight excluding hydrogens is 342 g/mol. The van der Waals surface area contributed by atoms with Crippen LogP contribution in [0.25, 0.3) is 0 Å². The van der Waals surface area contributed by atoms with Crippen molar-refractivity contribution in [2.75, 3.05) is 0 Å². The number of ether oxygens (including phenoxy) is 2. The molecule has 26 heavy (non-hydrogen) atoms. The zero-order valence-corrected chi connectivity index (χ0v) is 13.3. The molecule has 0 bridgehead atoms. The fourth-order valence-electron chi connectivity index (χ4n) is 2.11. The van der Waals surface area contributed by atoms with Gasteiger partial charge in [0.2, 0.25) is 0 Å². The van der Waals surface area contributed by atoms with E-state index in [4.69, 9.17) is 9.47 Å². The van der Waals surface area contributed by atoms with Gasteiger partial charge in [0.1, 0.15) is 23.1 Å². The molecule has 0 amide bonds. The summed E-state index contributed by atoms with van der Waals surface area (Å²) in [5.74, 6) is -1.96. The van der Waals surface area contributed by atoms with Gasteiger partial charge in [-0.1, -0.05) is 6.07 Å². The van der Waals surface area contributed by atoms with E-state index in [2.05, 4.69) is 0 Å². The molecule has 0 N–H and O–H groups in total. The van der Waals surface area contributed by atoms with E-state index in [-0.39, 0.29) is 22.6 Å². The lowest BCUT2D eigenvalue weighted by Crippen LogP contribution is -2.10. The topological polar surface area (TPSA) is 52.6 Å². The lowest BCUT2D eigenvalue weighted by molar-refractivity contribution is 0.0733. The Morgan fingerprint density at radius 3 is 1.38 bits per heavy atom. The Morgan fingerprint density at radius 2 is 1.00 bits per heavy atom. The maximum absolute atomic E-state index is 12.9. The summed E-state index contributed by atoms with van der Waals surface area (Å²) in [6.07, 6.45) is 0. The van der Waals surface area contributed by atoms with Gasteiger partial charge in [-0.15, -0.1) is 0 Å². The summed E-state index contributed by atoms with van der Waals surface area (Å²) in [6.45, 7) is 0. The third-order valence-electron chi connectivity index (χ3n) is 3.39. The number of carbonyl (C=O) groups is 2. The molecule has 0 atom stereocenters. The molecule has 0 aliphatic heterocycles. The van der Waals surface area contributed by atoms with Crippen molar-refractivity contribution in [3.8, 4) is 11.5 Å². The van der Waals surface area contributed by atoms with Gasteiger partial charge in [-0.25, -0.2) is 18.4 Å². The van der Waals surface area contributed by atoms with Crippen LogP contribution in [-0.4, -0.2) is 11.9 Å². The lowest BCUT2D eigenvalue weighted by Gasteiger charge is -2.08. The van der Waals surface area contributed by atoms with E-state index in [0.717, 1.165) is 24.3 Å². The molecule has 0 spiro atoms. The number of benzene rings is 3. The molecule has 0 heterocycles. The van der Waals surface area contributed by atoms with E-state index in [1.54, 1.807) is 6.07 Å². The molecule has 3 aromatic carbocycles. The van der Waals surface area contributed by atoms with E-state index in [9.17, 15) is 18.4 Å². The van der Waals surface area contributed by atoms with Crippen molar-refractivity contribution in [3.05, 3.63) is 95.6 Å². The molecule has 3 aromatic rings. The van der Waals surface area contributed by atoms with E-state index in [1.165, 1.54) is 42.5 Å². The molecule has 0 aromatic heterocycles. The van der Waals surface area contributed by atoms with Crippen LogP contribution in [0.3, 0.4) is 0 Å². The highest BCUT2D eigenvalue weighted by atomic mass is 19.1. The summed E-state index contributed by atoms with van der Waals surface area (Å²) in [5.41, 5.74) is 0.361. The molecule has 0 aliphatic carbocycles. The smallest absolute Gasteiger partial charge is 0.343 e. The monoisotopic (exact) mass is 354 g/mol. The summed E-state index contributed by atoms with van der Waals surface area (Å²) in [7, 11) is 0. The lowest BCUT2D eigenvalue weighted by atomic mass is 10.2. The Morgan fingerprint density at radius 1 is 0.615 bits per heavy atom. The number of rotatable bonds is 4. The molecule has 0 saturated heterocycles. The van der Waals surface area contributed by atoms with Crippen LogP contribution < -0.4 is 9.47 Å². The van der Waals surface area contributed by atoms with E-state index < -0.39 is 23.6 Å². The second-order valence-electron chi connectivity index (χ2n) is 5.27. The van der Waals surface area contributed by atoms with Gasteiger partial charge in [-0.05, 0) is 60.7 Å². The van der Waals surface area contributed by atoms with Crippen LogP contribution in [0, 0.1) is 11.6 Å². The second kappa shape index (κ2) is 7.57. The van der Waals surface area contributed by atoms with Crippen molar-refractivity contribution in [2.45, 2.75) is 0 Å². The average molecular weight is 354 g/mol. The molecule has 0 saturated carbocycles. The van der Waals surface area contributed by atoms with E-state index >= 15 is 0 Å². The van der Waals surface area contributed by atoms with Crippen molar-refractivity contribution in [1.29, 1.82) is 0 Å². The Hall–Kier alpha value is -3.54. The highest BCUT2D eigenvalue weighted by Crippen LogP contribution is 2.21. The summed E-state index contributed by atoms with van der Waals surface area (Å²) >= 11 is 0. The number of carbonyl (C=O) groups excluding carboxylic acids is 2. The standard InChI is InChI=1S/C20H12F2O4/c21-15-8-4-13(5-9-15)19(23)25-17-2-1-3-18(12-17)26-20(24)14-6-10-16(22)11-7-14/h1-12H. The second-order valence-corrected chi connectivity index (χ2v) is 5.27. The van der Waals surface area contributed by atoms with Gasteiger partial charge in [0.05, 0.1) is 11.1 Å². The van der Waals surface area contributed by atoms with Crippen molar-refractivity contribution < 1.29 is 27.8 Å². The van der Waals surface area contributed by atoms with Crippen molar-refractivity contribution in [2.24, 2.45) is 0 Å². The number of hydrogen-bond donors (Lipinski definition) is 0. The minimum Gasteiger partial charge on any atom is -0.423 e. The van der Waals surface area contributed by atoms with Gasteiger partial charge in [0.25, 0.3) is 0 Å². The summed E-state index contributed by atoms with van der Waals surface area (Å²) in [4.78, 5) is 24.0. The first-order valence-electron chi connectivity index (χ1n) is 7.57. The first-order chi connectivity index (χ1) is 12.5. The van der Waals surface area contributed by atoms with Crippen LogP contribution in [0.4, 0.5) is 8.78 Å². The molecular formula is C20H12F2O4. The third-order valence-corrected chi connectivity index (χ3v) is 3.39. The minimum absolute atomic E-state index is 0.156. The zero-order valence-electron chi connectivity index (χ0n) is 13.3. The SMILES string of the molecule is O=C(Oc1cccc(OC(=O)c2ccc(F)cc2)c1)c1ccc(F)cc1. The molecule has 6 heteroatoms. The highest BCUT2D eigenvalue weighted by molar-refractivity contribution is 5.92. The Kier molecular flexibility index (Phi) is 5.03. The van der Waals surface area contributed by atoms with Gasteiger partial charge < -0.3 is 9.47 Å². The quantitative estimate of drug-likeness (QED) is 0.515. The number of esters is 2. The molecule has 0 radical (unpaired) electrons. The fourth-order valence-corrected chi connectivity index (χ4v) is 2.11. The van der Waals surface area contributed by atoms with Gasteiger partial charge in [-0.2, -0.15) is 0 Å². The number of hydrogen-bond acceptors (Lipinski definition) is 4. The predicted octanol–water partition coefficient (Wildman–Crippen LogP) is 4.40. The normalized spacial score (nSPS) is 10.2. The molecule has 0 aliphatic rings. The van der Waals surface area contributed by atoms with E-state index in [1.807, 2.05) is 0 Å². The average Bonchev–Trinajstić information content (AvgIpc) is 2.63. The maximum atomic E-state index is 12.9. The number of halogens is 2. The van der Waals surface area contributed by atoms with Crippen LogP contribution in [-0.2, 0) is 0 Å². The third kappa shape index (κ3) is 4.30. The molecule has 130 valence electrons. The van der Waals surface area contributed by atoms with Gasteiger partial charge >= 0.3 is 11.9 Å². The van der Waals surface area contributed by atoms with Crippen molar-refractivity contribution >= 4 is 11.9 Å². The molecule has 4 nitrogen and oxygen atoms in total. The largest absolute Gasteiger partial charge is 0.423 e. The van der Waals surface area contributed by atoms with Crippen LogP contribution in [0.2, 0.25) is 0 Å². The summed E-state index contributed by atoms with van der Waals surface area (Å²) in [5, 5.41) is 0. The Bertz CT molecular complexity index is 860. The van der Waals surface area contributed by atoms with Crippen molar-refractivity contribution in [1.82, 2.24) is 0 Å². The fraction of sp³-hybridized carbons (Fsp3) is 0. The van der Waals surface area contributed by atoms with Crippen LogP contribution >= 0.6 is 0 Å². The van der Waals surface area contributed by atoms with Crippen LogP contribution in [0.15, 0.2) is 72.8 Å². The zero-order chi connectivity index (χ0) is 18.5.